The molecular weight excluding hydrogens is 330 g/mol. The van der Waals surface area contributed by atoms with E-state index in [0.29, 0.717) is 6.54 Å². The van der Waals surface area contributed by atoms with Crippen LogP contribution in [0.5, 0.6) is 0 Å². The first-order valence-electron chi connectivity index (χ1n) is 7.32. The Kier molecular flexibility index (Phi) is 7.35. The molecule has 1 rings (SSSR count). The Labute approximate surface area is 136 Å². The van der Waals surface area contributed by atoms with Crippen molar-refractivity contribution in [3.8, 4) is 0 Å². The first-order chi connectivity index (χ1) is 9.86. The monoisotopic (exact) mass is 355 g/mol. The van der Waals surface area contributed by atoms with Crippen LogP contribution >= 0.6 is 15.9 Å². The van der Waals surface area contributed by atoms with E-state index in [4.69, 9.17) is 5.73 Å². The van der Waals surface area contributed by atoms with Crippen molar-refractivity contribution in [3.63, 3.8) is 0 Å². The average molecular weight is 356 g/mol. The molecule has 118 valence electrons. The first kappa shape index (κ1) is 18.1. The van der Waals surface area contributed by atoms with Gasteiger partial charge in [0.1, 0.15) is 0 Å². The van der Waals surface area contributed by atoms with E-state index in [2.05, 4.69) is 39.9 Å². The number of hydrogen-bond acceptors (Lipinski definition) is 3. The van der Waals surface area contributed by atoms with Gasteiger partial charge in [0.2, 0.25) is 5.91 Å². The highest BCUT2D eigenvalue weighted by molar-refractivity contribution is 9.10. The third-order valence-electron chi connectivity index (χ3n) is 3.45. The number of hydrogen-bond donors (Lipinski definition) is 1. The first-order valence-corrected chi connectivity index (χ1v) is 8.11. The molecule has 1 amide bonds. The summed E-state index contributed by atoms with van der Waals surface area (Å²) in [6, 6.07) is 8.17. The minimum Gasteiger partial charge on any atom is -0.348 e. The van der Waals surface area contributed by atoms with Crippen LogP contribution in [0, 0.1) is 0 Å². The van der Waals surface area contributed by atoms with E-state index in [0.717, 1.165) is 23.0 Å². The summed E-state index contributed by atoms with van der Waals surface area (Å²) in [6.45, 7) is 5.35. The lowest BCUT2D eigenvalue weighted by Gasteiger charge is -2.34. The van der Waals surface area contributed by atoms with Crippen LogP contribution in [-0.2, 0) is 4.79 Å². The lowest BCUT2D eigenvalue weighted by Crippen LogP contribution is -2.44. The van der Waals surface area contributed by atoms with E-state index in [9.17, 15) is 4.79 Å². The van der Waals surface area contributed by atoms with Crippen molar-refractivity contribution in [2.45, 2.75) is 32.4 Å². The van der Waals surface area contributed by atoms with Crippen molar-refractivity contribution in [3.05, 3.63) is 34.3 Å². The molecule has 0 fully saturated rings. The molecule has 0 aliphatic heterocycles. The fraction of sp³-hybridized carbons (Fsp3) is 0.562. The normalized spacial score (nSPS) is 14.0. The van der Waals surface area contributed by atoms with Crippen molar-refractivity contribution in [2.24, 2.45) is 5.73 Å². The van der Waals surface area contributed by atoms with Crippen molar-refractivity contribution < 1.29 is 4.79 Å². The Balaban J connectivity index is 3.02. The largest absolute Gasteiger partial charge is 0.348 e. The number of nitrogens with two attached hydrogens (primary N) is 1. The predicted octanol–water partition coefficient (Wildman–Crippen LogP) is 2.64. The molecule has 5 heteroatoms. The second-order valence-electron chi connectivity index (χ2n) is 5.61. The van der Waals surface area contributed by atoms with Crippen molar-refractivity contribution in [1.29, 1.82) is 0 Å². The lowest BCUT2D eigenvalue weighted by atomic mass is 9.99. The molecule has 2 unspecified atom stereocenters. The van der Waals surface area contributed by atoms with Crippen molar-refractivity contribution in [1.82, 2.24) is 9.80 Å². The maximum Gasteiger partial charge on any atom is 0.236 e. The summed E-state index contributed by atoms with van der Waals surface area (Å²) in [4.78, 5) is 15.9. The Morgan fingerprint density at radius 2 is 1.86 bits per heavy atom. The summed E-state index contributed by atoms with van der Waals surface area (Å²) in [7, 11) is 3.57. The third-order valence-corrected chi connectivity index (χ3v) is 3.98. The molecule has 0 aliphatic rings. The van der Waals surface area contributed by atoms with Crippen LogP contribution in [0.25, 0.3) is 0 Å². The quantitative estimate of drug-likeness (QED) is 0.817. The number of amides is 1. The molecule has 2 atom stereocenters. The van der Waals surface area contributed by atoms with Gasteiger partial charge in [-0.2, -0.15) is 0 Å². The zero-order valence-corrected chi connectivity index (χ0v) is 14.9. The highest BCUT2D eigenvalue weighted by atomic mass is 79.9. The maximum atomic E-state index is 12.1. The zero-order chi connectivity index (χ0) is 16.0. The predicted molar refractivity (Wildman–Crippen MR) is 91.1 cm³/mol. The van der Waals surface area contributed by atoms with Crippen LogP contribution in [0.1, 0.15) is 31.9 Å². The van der Waals surface area contributed by atoms with E-state index < -0.39 is 0 Å². The van der Waals surface area contributed by atoms with Gasteiger partial charge in [-0.15, -0.1) is 0 Å². The van der Waals surface area contributed by atoms with E-state index >= 15 is 0 Å². The topological polar surface area (TPSA) is 49.6 Å². The number of carbonyl (C=O) groups excluding carboxylic acids is 1. The molecule has 4 nitrogen and oxygen atoms in total. The molecule has 0 bridgehead atoms. The summed E-state index contributed by atoms with van der Waals surface area (Å²) in [5.74, 6) is 0.103. The second kappa shape index (κ2) is 8.51. The summed E-state index contributed by atoms with van der Waals surface area (Å²) < 4.78 is 1.04. The van der Waals surface area contributed by atoms with Gasteiger partial charge in [-0.3, -0.25) is 9.69 Å². The summed E-state index contributed by atoms with van der Waals surface area (Å²) in [6.07, 6.45) is 0.987. The van der Waals surface area contributed by atoms with Gasteiger partial charge in [-0.1, -0.05) is 35.0 Å². The number of halogens is 1. The summed E-state index contributed by atoms with van der Waals surface area (Å²) in [5.41, 5.74) is 7.36. The fourth-order valence-electron chi connectivity index (χ4n) is 2.43. The van der Waals surface area contributed by atoms with E-state index in [1.165, 1.54) is 0 Å². The molecule has 2 N–H and O–H groups in total. The van der Waals surface area contributed by atoms with Gasteiger partial charge >= 0.3 is 0 Å². The minimum absolute atomic E-state index is 0.0435. The maximum absolute atomic E-state index is 12.1. The molecule has 1 aromatic rings. The number of nitrogens with zero attached hydrogens (tertiary/aromatic N) is 2. The fourth-order valence-corrected chi connectivity index (χ4v) is 2.69. The van der Waals surface area contributed by atoms with Gasteiger partial charge in [0.15, 0.2) is 0 Å². The van der Waals surface area contributed by atoms with Gasteiger partial charge in [-0.05, 0) is 37.6 Å². The zero-order valence-electron chi connectivity index (χ0n) is 13.3. The average Bonchev–Trinajstić information content (AvgIpc) is 2.40. The van der Waals surface area contributed by atoms with Crippen LogP contribution in [0.3, 0.4) is 0 Å². The molecule has 0 aliphatic carbocycles. The third kappa shape index (κ3) is 5.41. The van der Waals surface area contributed by atoms with Gasteiger partial charge in [0.25, 0.3) is 0 Å². The van der Waals surface area contributed by atoms with Crippen LogP contribution in [0.2, 0.25) is 0 Å². The van der Waals surface area contributed by atoms with E-state index in [1.54, 1.807) is 19.0 Å². The highest BCUT2D eigenvalue weighted by Gasteiger charge is 2.25. The Morgan fingerprint density at radius 3 is 2.29 bits per heavy atom. The van der Waals surface area contributed by atoms with Gasteiger partial charge in [0, 0.05) is 24.6 Å². The van der Waals surface area contributed by atoms with Gasteiger partial charge in [-0.25, -0.2) is 0 Å². The van der Waals surface area contributed by atoms with Crippen molar-refractivity contribution in [2.75, 3.05) is 27.2 Å². The number of rotatable bonds is 7. The van der Waals surface area contributed by atoms with Crippen LogP contribution in [0.15, 0.2) is 28.7 Å². The van der Waals surface area contributed by atoms with Crippen molar-refractivity contribution >= 4 is 21.8 Å². The van der Waals surface area contributed by atoms with E-state index in [1.807, 2.05) is 19.1 Å². The number of benzene rings is 1. The molecule has 0 heterocycles. The lowest BCUT2D eigenvalue weighted by molar-refractivity contribution is -0.130. The van der Waals surface area contributed by atoms with Gasteiger partial charge < -0.3 is 10.6 Å². The molecule has 0 saturated carbocycles. The smallest absolute Gasteiger partial charge is 0.236 e. The molecule has 21 heavy (non-hydrogen) atoms. The Hall–Kier alpha value is -0.910. The highest BCUT2D eigenvalue weighted by Crippen LogP contribution is 2.25. The summed E-state index contributed by atoms with van der Waals surface area (Å²) >= 11 is 3.45. The Morgan fingerprint density at radius 1 is 1.29 bits per heavy atom. The minimum atomic E-state index is -0.0484. The van der Waals surface area contributed by atoms with Gasteiger partial charge in [0.05, 0.1) is 12.6 Å². The molecule has 0 radical (unpaired) electrons. The standard InChI is InChI=1S/C16H26BrN3O/c1-5-10-20(11-15(21)19(3)4)16(12(2)18)13-6-8-14(17)9-7-13/h6-9,12,16H,5,10-11,18H2,1-4H3. The number of carbonyl (C=O) groups is 1. The SMILES string of the molecule is CCCN(CC(=O)N(C)C)C(c1ccc(Br)cc1)C(C)N. The molecule has 0 spiro atoms. The number of likely N-dealkylation sites (N-methyl/N-ethyl adjacent to an activating group) is 1. The van der Waals surface area contributed by atoms with Crippen LogP contribution < -0.4 is 5.73 Å². The molecule has 1 aromatic carbocycles. The van der Waals surface area contributed by atoms with Crippen LogP contribution in [-0.4, -0.2) is 48.9 Å². The van der Waals surface area contributed by atoms with E-state index in [-0.39, 0.29) is 18.0 Å². The molecular formula is C16H26BrN3O. The molecule has 0 saturated heterocycles. The second-order valence-corrected chi connectivity index (χ2v) is 6.53. The molecule has 0 aromatic heterocycles. The van der Waals surface area contributed by atoms with Crippen LogP contribution in [0.4, 0.5) is 0 Å². The summed E-state index contributed by atoms with van der Waals surface area (Å²) in [5, 5.41) is 0. The Bertz CT molecular complexity index is 445.